The van der Waals surface area contributed by atoms with Gasteiger partial charge in [-0.15, -0.1) is 11.3 Å². The van der Waals surface area contributed by atoms with Crippen LogP contribution in [0.25, 0.3) is 5.65 Å². The molecule has 0 aliphatic rings. The zero-order valence-electron chi connectivity index (χ0n) is 11.7. The van der Waals surface area contributed by atoms with Gasteiger partial charge in [0.25, 0.3) is 5.91 Å². The van der Waals surface area contributed by atoms with Crippen LogP contribution in [-0.2, 0) is 0 Å². The molecule has 6 heteroatoms. The third-order valence-corrected chi connectivity index (χ3v) is 3.86. The average molecular weight is 298 g/mol. The van der Waals surface area contributed by atoms with Crippen molar-refractivity contribution in [2.45, 2.75) is 13.8 Å². The second-order valence-corrected chi connectivity index (χ2v) is 5.67. The van der Waals surface area contributed by atoms with Crippen molar-refractivity contribution in [1.29, 1.82) is 0 Å². The van der Waals surface area contributed by atoms with E-state index in [-0.39, 0.29) is 5.91 Å². The second kappa shape index (κ2) is 5.49. The lowest BCUT2D eigenvalue weighted by molar-refractivity contribution is 0.0948. The summed E-state index contributed by atoms with van der Waals surface area (Å²) in [6, 6.07) is 7.74. The van der Waals surface area contributed by atoms with Crippen molar-refractivity contribution in [2.24, 2.45) is 5.10 Å². The predicted octanol–water partition coefficient (Wildman–Crippen LogP) is 2.78. The Kier molecular flexibility index (Phi) is 3.53. The van der Waals surface area contributed by atoms with Crippen LogP contribution in [0, 0.1) is 13.8 Å². The standard InChI is InChI=1S/C15H14N4OS/c1-10-5-6-13-17-11(2)14(19(13)9-10)15(20)18-16-8-12-4-3-7-21-12/h3-9H,1-2H3,(H,18,20). The Morgan fingerprint density at radius 1 is 1.38 bits per heavy atom. The molecule has 0 spiro atoms. The molecule has 0 aromatic carbocycles. The number of aromatic nitrogens is 2. The fraction of sp³-hybridized carbons (Fsp3) is 0.133. The van der Waals surface area contributed by atoms with E-state index in [9.17, 15) is 4.79 Å². The zero-order valence-corrected chi connectivity index (χ0v) is 12.5. The summed E-state index contributed by atoms with van der Waals surface area (Å²) < 4.78 is 1.79. The van der Waals surface area contributed by atoms with E-state index in [1.54, 1.807) is 22.0 Å². The molecule has 21 heavy (non-hydrogen) atoms. The molecule has 3 aromatic heterocycles. The Morgan fingerprint density at radius 2 is 2.24 bits per heavy atom. The van der Waals surface area contributed by atoms with Crippen LogP contribution in [0.2, 0.25) is 0 Å². The van der Waals surface area contributed by atoms with Gasteiger partial charge in [-0.25, -0.2) is 10.4 Å². The summed E-state index contributed by atoms with van der Waals surface area (Å²) in [5.41, 5.74) is 5.57. The molecule has 3 aromatic rings. The lowest BCUT2D eigenvalue weighted by atomic mass is 10.3. The van der Waals surface area contributed by atoms with Crippen molar-refractivity contribution in [2.75, 3.05) is 0 Å². The highest BCUT2D eigenvalue weighted by Gasteiger charge is 2.15. The van der Waals surface area contributed by atoms with Crippen LogP contribution in [0.1, 0.15) is 26.6 Å². The number of amides is 1. The minimum absolute atomic E-state index is 0.265. The first kappa shape index (κ1) is 13.5. The molecule has 0 fully saturated rings. The van der Waals surface area contributed by atoms with Gasteiger partial charge in [-0.3, -0.25) is 9.20 Å². The molecule has 5 nitrogen and oxygen atoms in total. The van der Waals surface area contributed by atoms with Crippen LogP contribution in [-0.4, -0.2) is 21.5 Å². The molecule has 0 saturated carbocycles. The van der Waals surface area contributed by atoms with Crippen LogP contribution < -0.4 is 5.43 Å². The predicted molar refractivity (Wildman–Crippen MR) is 84.0 cm³/mol. The van der Waals surface area contributed by atoms with Gasteiger partial charge in [-0.1, -0.05) is 12.1 Å². The summed E-state index contributed by atoms with van der Waals surface area (Å²) in [6.07, 6.45) is 3.53. The molecule has 0 aliphatic carbocycles. The van der Waals surface area contributed by atoms with Crippen molar-refractivity contribution in [1.82, 2.24) is 14.8 Å². The average Bonchev–Trinajstić information content (AvgIpc) is 3.05. The number of rotatable bonds is 3. The normalized spacial score (nSPS) is 11.3. The maximum absolute atomic E-state index is 12.3. The lowest BCUT2D eigenvalue weighted by Gasteiger charge is -2.02. The lowest BCUT2D eigenvalue weighted by Crippen LogP contribution is -2.20. The van der Waals surface area contributed by atoms with Crippen LogP contribution in [0.15, 0.2) is 40.9 Å². The number of imidazole rings is 1. The van der Waals surface area contributed by atoms with E-state index in [1.165, 1.54) is 0 Å². The van der Waals surface area contributed by atoms with Crippen LogP contribution in [0.4, 0.5) is 0 Å². The van der Waals surface area contributed by atoms with E-state index in [0.717, 1.165) is 16.1 Å². The van der Waals surface area contributed by atoms with Gasteiger partial charge in [0.1, 0.15) is 11.3 Å². The quantitative estimate of drug-likeness (QED) is 0.597. The summed E-state index contributed by atoms with van der Waals surface area (Å²) in [4.78, 5) is 17.7. The van der Waals surface area contributed by atoms with Gasteiger partial charge in [-0.05, 0) is 36.9 Å². The number of pyridine rings is 1. The van der Waals surface area contributed by atoms with E-state index in [0.29, 0.717) is 11.4 Å². The smallest absolute Gasteiger partial charge is 0.290 e. The zero-order chi connectivity index (χ0) is 14.8. The van der Waals surface area contributed by atoms with Crippen molar-refractivity contribution in [3.05, 3.63) is 57.7 Å². The highest BCUT2D eigenvalue weighted by atomic mass is 32.1. The monoisotopic (exact) mass is 298 g/mol. The first-order chi connectivity index (χ1) is 10.1. The van der Waals surface area contributed by atoms with E-state index in [1.807, 2.05) is 49.7 Å². The number of nitrogens with one attached hydrogen (secondary N) is 1. The van der Waals surface area contributed by atoms with Crippen molar-refractivity contribution < 1.29 is 4.79 Å². The molecule has 106 valence electrons. The molecule has 0 bridgehead atoms. The summed E-state index contributed by atoms with van der Waals surface area (Å²) >= 11 is 1.56. The summed E-state index contributed by atoms with van der Waals surface area (Å²) in [7, 11) is 0. The van der Waals surface area contributed by atoms with Crippen molar-refractivity contribution in [3.63, 3.8) is 0 Å². The Hall–Kier alpha value is -2.47. The second-order valence-electron chi connectivity index (χ2n) is 4.70. The van der Waals surface area contributed by atoms with Gasteiger partial charge >= 0.3 is 0 Å². The third kappa shape index (κ3) is 2.71. The minimum Gasteiger partial charge on any atom is -0.295 e. The Bertz CT molecular complexity index is 818. The van der Waals surface area contributed by atoms with Gasteiger partial charge < -0.3 is 0 Å². The van der Waals surface area contributed by atoms with Gasteiger partial charge in [0.05, 0.1) is 11.9 Å². The fourth-order valence-corrected chi connectivity index (χ4v) is 2.70. The highest BCUT2D eigenvalue weighted by molar-refractivity contribution is 7.11. The van der Waals surface area contributed by atoms with Gasteiger partial charge in [0.15, 0.2) is 0 Å². The number of hydrazone groups is 1. The maximum Gasteiger partial charge on any atom is 0.290 e. The molecular weight excluding hydrogens is 284 g/mol. The molecule has 3 rings (SSSR count). The van der Waals surface area contributed by atoms with Crippen molar-refractivity contribution >= 4 is 29.1 Å². The molecular formula is C15H14N4OS. The van der Waals surface area contributed by atoms with E-state index in [2.05, 4.69) is 15.5 Å². The first-order valence-electron chi connectivity index (χ1n) is 6.47. The molecule has 0 atom stereocenters. The number of hydrogen-bond acceptors (Lipinski definition) is 4. The molecule has 0 aliphatic heterocycles. The summed E-state index contributed by atoms with van der Waals surface area (Å²) in [5, 5.41) is 5.94. The number of hydrogen-bond donors (Lipinski definition) is 1. The number of carbonyl (C=O) groups is 1. The molecule has 3 heterocycles. The third-order valence-electron chi connectivity index (χ3n) is 3.06. The van der Waals surface area contributed by atoms with Crippen LogP contribution >= 0.6 is 11.3 Å². The van der Waals surface area contributed by atoms with Gasteiger partial charge in [-0.2, -0.15) is 5.10 Å². The first-order valence-corrected chi connectivity index (χ1v) is 7.35. The van der Waals surface area contributed by atoms with E-state index < -0.39 is 0 Å². The SMILES string of the molecule is Cc1ccc2nc(C)c(C(=O)NN=Cc3cccs3)n2c1. The van der Waals surface area contributed by atoms with E-state index in [4.69, 9.17) is 0 Å². The molecule has 1 N–H and O–H groups in total. The van der Waals surface area contributed by atoms with E-state index >= 15 is 0 Å². The molecule has 0 radical (unpaired) electrons. The van der Waals surface area contributed by atoms with Crippen LogP contribution in [0.3, 0.4) is 0 Å². The summed E-state index contributed by atoms with van der Waals surface area (Å²) in [5.74, 6) is -0.265. The number of carbonyl (C=O) groups excluding carboxylic acids is 1. The largest absolute Gasteiger partial charge is 0.295 e. The topological polar surface area (TPSA) is 58.8 Å². The minimum atomic E-state index is -0.265. The number of aryl methyl sites for hydroxylation is 2. The summed E-state index contributed by atoms with van der Waals surface area (Å²) in [6.45, 7) is 3.80. The number of nitrogens with zero attached hydrogens (tertiary/aromatic N) is 3. The Morgan fingerprint density at radius 3 is 3.00 bits per heavy atom. The van der Waals surface area contributed by atoms with Gasteiger partial charge in [0.2, 0.25) is 0 Å². The van der Waals surface area contributed by atoms with Crippen molar-refractivity contribution in [3.8, 4) is 0 Å². The van der Waals surface area contributed by atoms with Crippen LogP contribution in [0.5, 0.6) is 0 Å². The number of thiophene rings is 1. The molecule has 0 saturated heterocycles. The number of fused-ring (bicyclic) bond motifs is 1. The fourth-order valence-electron chi connectivity index (χ4n) is 2.11. The van der Waals surface area contributed by atoms with Gasteiger partial charge in [0, 0.05) is 11.1 Å². The Labute approximate surface area is 126 Å². The Balaban J connectivity index is 1.87. The highest BCUT2D eigenvalue weighted by Crippen LogP contribution is 2.13. The maximum atomic E-state index is 12.3. The molecule has 0 unspecified atom stereocenters. The molecule has 1 amide bonds.